The Morgan fingerprint density at radius 1 is 1.25 bits per heavy atom. The first-order valence-corrected chi connectivity index (χ1v) is 4.63. The van der Waals surface area contributed by atoms with Crippen molar-refractivity contribution in [3.63, 3.8) is 0 Å². The molecule has 0 fully saturated rings. The van der Waals surface area contributed by atoms with Crippen molar-refractivity contribution in [3.8, 4) is 5.88 Å². The third-order valence-electron chi connectivity index (χ3n) is 1.89. The summed E-state index contributed by atoms with van der Waals surface area (Å²) in [5.74, 6) is 1.42. The number of nitrogens with one attached hydrogen (secondary N) is 1. The third kappa shape index (κ3) is 2.35. The van der Waals surface area contributed by atoms with Crippen LogP contribution in [0.3, 0.4) is 0 Å². The molecule has 0 radical (unpaired) electrons. The molecule has 16 heavy (non-hydrogen) atoms. The first-order chi connectivity index (χ1) is 7.78. The van der Waals surface area contributed by atoms with Crippen molar-refractivity contribution in [3.05, 3.63) is 30.6 Å². The third-order valence-corrected chi connectivity index (χ3v) is 1.89. The van der Waals surface area contributed by atoms with E-state index in [-0.39, 0.29) is 5.95 Å². The molecule has 0 aliphatic rings. The largest absolute Gasteiger partial charge is 0.481 e. The minimum Gasteiger partial charge on any atom is -0.481 e. The van der Waals surface area contributed by atoms with E-state index in [0.29, 0.717) is 11.7 Å². The number of hydrogen-bond donors (Lipinski definition) is 2. The van der Waals surface area contributed by atoms with E-state index >= 15 is 0 Å². The van der Waals surface area contributed by atoms with Crippen LogP contribution >= 0.6 is 0 Å². The van der Waals surface area contributed by atoms with E-state index in [2.05, 4.69) is 20.3 Å². The first kappa shape index (κ1) is 10.2. The number of rotatable bonds is 3. The van der Waals surface area contributed by atoms with E-state index in [1.165, 1.54) is 0 Å². The maximum absolute atomic E-state index is 5.46. The van der Waals surface area contributed by atoms with Gasteiger partial charge >= 0.3 is 0 Å². The van der Waals surface area contributed by atoms with Crippen LogP contribution in [0, 0.1) is 0 Å². The Hall–Kier alpha value is -2.37. The quantitative estimate of drug-likeness (QED) is 0.803. The van der Waals surface area contributed by atoms with Crippen LogP contribution in [-0.2, 0) is 0 Å². The van der Waals surface area contributed by atoms with Gasteiger partial charge in [0.05, 0.1) is 19.0 Å². The molecule has 2 aromatic rings. The van der Waals surface area contributed by atoms with Crippen LogP contribution in [0.5, 0.6) is 5.88 Å². The molecule has 0 aliphatic heterocycles. The number of nitrogens with zero attached hydrogens (tertiary/aromatic N) is 3. The molecule has 6 heteroatoms. The zero-order chi connectivity index (χ0) is 11.4. The van der Waals surface area contributed by atoms with Crippen molar-refractivity contribution in [1.82, 2.24) is 15.0 Å². The molecule has 0 aliphatic carbocycles. The second kappa shape index (κ2) is 4.43. The zero-order valence-corrected chi connectivity index (χ0v) is 8.71. The zero-order valence-electron chi connectivity index (χ0n) is 8.71. The smallest absolute Gasteiger partial charge is 0.221 e. The van der Waals surface area contributed by atoms with Crippen LogP contribution in [0.1, 0.15) is 0 Å². The molecule has 0 saturated carbocycles. The summed E-state index contributed by atoms with van der Waals surface area (Å²) in [7, 11) is 1.57. The van der Waals surface area contributed by atoms with Gasteiger partial charge in [0, 0.05) is 12.3 Å². The molecule has 2 rings (SSSR count). The summed E-state index contributed by atoms with van der Waals surface area (Å²) in [4.78, 5) is 11.9. The SMILES string of the molecule is COc1ccc(Nc2ccnc(N)n2)cn1. The highest BCUT2D eigenvalue weighted by Crippen LogP contribution is 2.15. The van der Waals surface area contributed by atoms with E-state index < -0.39 is 0 Å². The van der Waals surface area contributed by atoms with Crippen molar-refractivity contribution in [2.75, 3.05) is 18.2 Å². The van der Waals surface area contributed by atoms with Gasteiger partial charge < -0.3 is 15.8 Å². The van der Waals surface area contributed by atoms with Crippen LogP contribution in [0.15, 0.2) is 30.6 Å². The van der Waals surface area contributed by atoms with E-state index in [9.17, 15) is 0 Å². The van der Waals surface area contributed by atoms with Gasteiger partial charge in [-0.25, -0.2) is 9.97 Å². The van der Waals surface area contributed by atoms with Crippen LogP contribution in [-0.4, -0.2) is 22.1 Å². The van der Waals surface area contributed by atoms with Gasteiger partial charge in [0.1, 0.15) is 5.82 Å². The summed E-state index contributed by atoms with van der Waals surface area (Å²) >= 11 is 0. The van der Waals surface area contributed by atoms with E-state index in [0.717, 1.165) is 5.69 Å². The van der Waals surface area contributed by atoms with Gasteiger partial charge in [-0.1, -0.05) is 0 Å². The van der Waals surface area contributed by atoms with Gasteiger partial charge in [-0.05, 0) is 12.1 Å². The highest BCUT2D eigenvalue weighted by atomic mass is 16.5. The van der Waals surface area contributed by atoms with Crippen molar-refractivity contribution >= 4 is 17.5 Å². The predicted octanol–water partition coefficient (Wildman–Crippen LogP) is 1.21. The van der Waals surface area contributed by atoms with Crippen molar-refractivity contribution in [2.24, 2.45) is 0 Å². The Balaban J connectivity index is 2.14. The van der Waals surface area contributed by atoms with Gasteiger partial charge in [0.15, 0.2) is 0 Å². The fourth-order valence-electron chi connectivity index (χ4n) is 1.17. The molecular formula is C10H11N5O. The number of nitrogen functional groups attached to an aromatic ring is 1. The van der Waals surface area contributed by atoms with Gasteiger partial charge in [0.25, 0.3) is 0 Å². The lowest BCUT2D eigenvalue weighted by molar-refractivity contribution is 0.398. The molecule has 2 heterocycles. The molecule has 0 atom stereocenters. The lowest BCUT2D eigenvalue weighted by Crippen LogP contribution is -1.99. The Morgan fingerprint density at radius 3 is 2.75 bits per heavy atom. The monoisotopic (exact) mass is 217 g/mol. The molecule has 0 spiro atoms. The highest BCUT2D eigenvalue weighted by Gasteiger charge is 1.98. The molecular weight excluding hydrogens is 206 g/mol. The molecule has 82 valence electrons. The fourth-order valence-corrected chi connectivity index (χ4v) is 1.17. The molecule has 2 aromatic heterocycles. The first-order valence-electron chi connectivity index (χ1n) is 4.63. The molecule has 0 aromatic carbocycles. The Kier molecular flexibility index (Phi) is 2.81. The van der Waals surface area contributed by atoms with Gasteiger partial charge in [-0.3, -0.25) is 0 Å². The molecule has 0 amide bonds. The lowest BCUT2D eigenvalue weighted by Gasteiger charge is -2.05. The summed E-state index contributed by atoms with van der Waals surface area (Å²) in [6.07, 6.45) is 3.23. The van der Waals surface area contributed by atoms with Gasteiger partial charge in [-0.15, -0.1) is 0 Å². The van der Waals surface area contributed by atoms with Crippen LogP contribution in [0.4, 0.5) is 17.5 Å². The summed E-state index contributed by atoms with van der Waals surface area (Å²) in [6, 6.07) is 5.32. The number of hydrogen-bond acceptors (Lipinski definition) is 6. The maximum Gasteiger partial charge on any atom is 0.221 e. The van der Waals surface area contributed by atoms with Crippen molar-refractivity contribution < 1.29 is 4.74 Å². The fraction of sp³-hybridized carbons (Fsp3) is 0.100. The Bertz CT molecular complexity index is 471. The van der Waals surface area contributed by atoms with Crippen molar-refractivity contribution in [1.29, 1.82) is 0 Å². The molecule has 0 saturated heterocycles. The van der Waals surface area contributed by atoms with Crippen LogP contribution in [0.2, 0.25) is 0 Å². The van der Waals surface area contributed by atoms with Gasteiger partial charge in [-0.2, -0.15) is 4.98 Å². The Morgan fingerprint density at radius 2 is 2.12 bits per heavy atom. The maximum atomic E-state index is 5.46. The number of nitrogens with two attached hydrogens (primary N) is 1. The van der Waals surface area contributed by atoms with Crippen LogP contribution in [0.25, 0.3) is 0 Å². The summed E-state index contributed by atoms with van der Waals surface area (Å²) in [6.45, 7) is 0. The number of anilines is 3. The molecule has 0 bridgehead atoms. The molecule has 0 unspecified atom stereocenters. The highest BCUT2D eigenvalue weighted by molar-refractivity contribution is 5.55. The standard InChI is InChI=1S/C10H11N5O/c1-16-9-3-2-7(6-13-9)14-8-4-5-12-10(11)15-8/h2-6H,1H3,(H3,11,12,14,15). The average Bonchev–Trinajstić information content (AvgIpc) is 2.30. The predicted molar refractivity (Wildman–Crippen MR) is 60.5 cm³/mol. The van der Waals surface area contributed by atoms with E-state index in [1.807, 2.05) is 6.07 Å². The van der Waals surface area contributed by atoms with Gasteiger partial charge in [0.2, 0.25) is 11.8 Å². The number of pyridine rings is 1. The molecule has 6 nitrogen and oxygen atoms in total. The van der Waals surface area contributed by atoms with E-state index in [4.69, 9.17) is 10.5 Å². The minimum absolute atomic E-state index is 0.228. The summed E-state index contributed by atoms with van der Waals surface area (Å²) < 4.78 is 4.95. The second-order valence-corrected chi connectivity index (χ2v) is 3.01. The summed E-state index contributed by atoms with van der Waals surface area (Å²) in [5.41, 5.74) is 6.26. The van der Waals surface area contributed by atoms with Crippen LogP contribution < -0.4 is 15.8 Å². The number of ether oxygens (including phenoxy) is 1. The average molecular weight is 217 g/mol. The normalized spacial score (nSPS) is 9.81. The minimum atomic E-state index is 0.228. The second-order valence-electron chi connectivity index (χ2n) is 3.01. The number of aromatic nitrogens is 3. The van der Waals surface area contributed by atoms with E-state index in [1.54, 1.807) is 31.6 Å². The Labute approximate surface area is 92.5 Å². The number of methoxy groups -OCH3 is 1. The summed E-state index contributed by atoms with van der Waals surface area (Å²) in [5, 5.41) is 3.05. The van der Waals surface area contributed by atoms with Crippen molar-refractivity contribution in [2.45, 2.75) is 0 Å². The topological polar surface area (TPSA) is 86.0 Å². The lowest BCUT2D eigenvalue weighted by atomic mass is 10.4. The molecule has 3 N–H and O–H groups in total.